The summed E-state index contributed by atoms with van der Waals surface area (Å²) in [6.45, 7) is 0. The van der Waals surface area contributed by atoms with Crippen molar-refractivity contribution in [3.8, 4) is 6.07 Å². The Labute approximate surface area is 134 Å². The van der Waals surface area contributed by atoms with Crippen molar-refractivity contribution in [2.24, 2.45) is 0 Å². The summed E-state index contributed by atoms with van der Waals surface area (Å²) in [5, 5.41) is 10.3. The first kappa shape index (κ1) is 13.9. The number of hydrogen-bond donors (Lipinski definition) is 1. The van der Waals surface area contributed by atoms with Gasteiger partial charge in [-0.2, -0.15) is 5.26 Å². The molecule has 0 unspecified atom stereocenters. The van der Waals surface area contributed by atoms with Gasteiger partial charge in [0.05, 0.1) is 16.7 Å². The normalized spacial score (nSPS) is 10.5. The van der Waals surface area contributed by atoms with Gasteiger partial charge in [-0.15, -0.1) is 0 Å². The Morgan fingerprint density at radius 2 is 2.05 bits per heavy atom. The monoisotopic (exact) mass is 358 g/mol. The van der Waals surface area contributed by atoms with E-state index < -0.39 is 0 Å². The maximum Gasteiger partial charge on any atom is 0.195 e. The van der Waals surface area contributed by atoms with Crippen LogP contribution < -0.4 is 0 Å². The van der Waals surface area contributed by atoms with Crippen LogP contribution in [0.25, 0.3) is 10.9 Å². The van der Waals surface area contributed by atoms with Gasteiger partial charge in [0.1, 0.15) is 0 Å². The Morgan fingerprint density at radius 1 is 1.24 bits per heavy atom. The highest BCUT2D eigenvalue weighted by atomic mass is 79.9. The fourth-order valence-corrected chi connectivity index (χ4v) is 2.67. The van der Waals surface area contributed by atoms with E-state index >= 15 is 0 Å². The number of rotatable bonds is 2. The lowest BCUT2D eigenvalue weighted by atomic mass is 10.0. The van der Waals surface area contributed by atoms with E-state index in [9.17, 15) is 4.79 Å². The van der Waals surface area contributed by atoms with Crippen LogP contribution in [-0.2, 0) is 0 Å². The topological polar surface area (TPSA) is 56.6 Å². The number of aromatic nitrogens is 1. The number of halogens is 2. The van der Waals surface area contributed by atoms with E-state index in [4.69, 9.17) is 16.9 Å². The molecule has 0 atom stereocenters. The van der Waals surface area contributed by atoms with Gasteiger partial charge in [-0.05, 0) is 46.3 Å². The van der Waals surface area contributed by atoms with Crippen molar-refractivity contribution in [1.82, 2.24) is 4.98 Å². The van der Waals surface area contributed by atoms with Crippen molar-refractivity contribution in [3.05, 3.63) is 68.8 Å². The molecule has 0 spiro atoms. The van der Waals surface area contributed by atoms with E-state index in [1.54, 1.807) is 42.6 Å². The van der Waals surface area contributed by atoms with Crippen LogP contribution in [0.2, 0.25) is 5.02 Å². The lowest BCUT2D eigenvalue weighted by Gasteiger charge is -2.02. The third kappa shape index (κ3) is 2.46. The molecule has 3 rings (SSSR count). The van der Waals surface area contributed by atoms with Gasteiger partial charge in [-0.3, -0.25) is 4.79 Å². The molecule has 1 aromatic heterocycles. The number of benzene rings is 2. The standard InChI is InChI=1S/C16H8BrClN2O/c17-13-6-10(2-4-14(13)18)16(21)12-8-20-15-5-9(7-19)1-3-11(12)15/h1-6,8,20H. The first-order valence-corrected chi connectivity index (χ1v) is 7.28. The molecule has 0 saturated carbocycles. The first-order chi connectivity index (χ1) is 10.1. The number of nitrogens with one attached hydrogen (secondary N) is 1. The predicted octanol–water partition coefficient (Wildman–Crippen LogP) is 4.69. The van der Waals surface area contributed by atoms with Gasteiger partial charge in [0, 0.05) is 32.7 Å². The molecule has 1 N–H and O–H groups in total. The van der Waals surface area contributed by atoms with Crippen LogP contribution in [-0.4, -0.2) is 10.8 Å². The lowest BCUT2D eigenvalue weighted by molar-refractivity contribution is 0.104. The van der Waals surface area contributed by atoms with Crippen molar-refractivity contribution < 1.29 is 4.79 Å². The second-order valence-corrected chi connectivity index (χ2v) is 5.79. The molecule has 3 nitrogen and oxygen atoms in total. The number of H-pyrrole nitrogens is 1. The van der Waals surface area contributed by atoms with Gasteiger partial charge in [0.15, 0.2) is 5.78 Å². The van der Waals surface area contributed by atoms with Gasteiger partial charge in [-0.1, -0.05) is 17.7 Å². The zero-order chi connectivity index (χ0) is 15.0. The van der Waals surface area contributed by atoms with E-state index in [-0.39, 0.29) is 5.78 Å². The highest BCUT2D eigenvalue weighted by molar-refractivity contribution is 9.10. The molecule has 0 aliphatic carbocycles. The van der Waals surface area contributed by atoms with Gasteiger partial charge in [-0.25, -0.2) is 0 Å². The molecule has 0 aliphatic rings. The molecule has 0 amide bonds. The Bertz CT molecular complexity index is 908. The van der Waals surface area contributed by atoms with Crippen LogP contribution in [0.3, 0.4) is 0 Å². The summed E-state index contributed by atoms with van der Waals surface area (Å²) in [4.78, 5) is 15.6. The number of nitrogens with zero attached hydrogens (tertiary/aromatic N) is 1. The van der Waals surface area contributed by atoms with E-state index in [0.29, 0.717) is 26.2 Å². The van der Waals surface area contributed by atoms with Crippen LogP contribution in [0, 0.1) is 11.3 Å². The summed E-state index contributed by atoms with van der Waals surface area (Å²) < 4.78 is 0.682. The first-order valence-electron chi connectivity index (χ1n) is 6.11. The predicted molar refractivity (Wildman–Crippen MR) is 85.6 cm³/mol. The number of hydrogen-bond acceptors (Lipinski definition) is 2. The molecule has 0 aliphatic heterocycles. The molecule has 5 heteroatoms. The third-order valence-electron chi connectivity index (χ3n) is 3.24. The van der Waals surface area contributed by atoms with E-state index in [1.165, 1.54) is 0 Å². The van der Waals surface area contributed by atoms with Crippen molar-refractivity contribution in [1.29, 1.82) is 5.26 Å². The minimum atomic E-state index is -0.0941. The van der Waals surface area contributed by atoms with E-state index in [0.717, 1.165) is 10.9 Å². The quantitative estimate of drug-likeness (QED) is 0.675. The minimum absolute atomic E-state index is 0.0941. The fraction of sp³-hybridized carbons (Fsp3) is 0. The number of carbonyl (C=O) groups excluding carboxylic acids is 1. The molecule has 0 radical (unpaired) electrons. The molecular formula is C16H8BrClN2O. The summed E-state index contributed by atoms with van der Waals surface area (Å²) in [6, 6.07) is 12.4. The van der Waals surface area contributed by atoms with Crippen molar-refractivity contribution in [3.63, 3.8) is 0 Å². The van der Waals surface area contributed by atoms with Gasteiger partial charge >= 0.3 is 0 Å². The maximum absolute atomic E-state index is 12.6. The fourth-order valence-electron chi connectivity index (χ4n) is 2.18. The molecular weight excluding hydrogens is 352 g/mol. The summed E-state index contributed by atoms with van der Waals surface area (Å²) in [7, 11) is 0. The van der Waals surface area contributed by atoms with Crippen molar-refractivity contribution in [2.75, 3.05) is 0 Å². The second-order valence-electron chi connectivity index (χ2n) is 4.53. The number of aromatic amines is 1. The van der Waals surface area contributed by atoms with Crippen molar-refractivity contribution >= 4 is 44.2 Å². The SMILES string of the molecule is N#Cc1ccc2c(C(=O)c3ccc(Cl)c(Br)c3)c[nH]c2c1. The average Bonchev–Trinajstić information content (AvgIpc) is 2.92. The van der Waals surface area contributed by atoms with Gasteiger partial charge in [0.25, 0.3) is 0 Å². The van der Waals surface area contributed by atoms with Crippen LogP contribution in [0.1, 0.15) is 21.5 Å². The van der Waals surface area contributed by atoms with Gasteiger partial charge < -0.3 is 4.98 Å². The highest BCUT2D eigenvalue weighted by Gasteiger charge is 2.15. The molecule has 1 heterocycles. The average molecular weight is 360 g/mol. The zero-order valence-corrected chi connectivity index (χ0v) is 13.0. The largest absolute Gasteiger partial charge is 0.360 e. The Kier molecular flexibility index (Phi) is 3.54. The number of fused-ring (bicyclic) bond motifs is 1. The van der Waals surface area contributed by atoms with E-state index in [2.05, 4.69) is 27.0 Å². The number of nitriles is 1. The smallest absolute Gasteiger partial charge is 0.195 e. The van der Waals surface area contributed by atoms with Gasteiger partial charge in [0.2, 0.25) is 0 Å². The number of ketones is 1. The summed E-state index contributed by atoms with van der Waals surface area (Å²) in [5.41, 5.74) is 2.45. The lowest BCUT2D eigenvalue weighted by Crippen LogP contribution is -2.00. The Morgan fingerprint density at radius 3 is 2.76 bits per heavy atom. The Hall–Kier alpha value is -2.09. The molecule has 2 aromatic carbocycles. The number of carbonyl (C=O) groups is 1. The van der Waals surface area contributed by atoms with Crippen LogP contribution in [0.4, 0.5) is 0 Å². The van der Waals surface area contributed by atoms with E-state index in [1.807, 2.05) is 0 Å². The summed E-state index contributed by atoms with van der Waals surface area (Å²) >= 11 is 9.26. The van der Waals surface area contributed by atoms with Crippen LogP contribution >= 0.6 is 27.5 Å². The van der Waals surface area contributed by atoms with Crippen LogP contribution in [0.5, 0.6) is 0 Å². The zero-order valence-electron chi connectivity index (χ0n) is 10.7. The second kappa shape index (κ2) is 5.36. The molecule has 21 heavy (non-hydrogen) atoms. The molecule has 0 saturated heterocycles. The minimum Gasteiger partial charge on any atom is -0.360 e. The highest BCUT2D eigenvalue weighted by Crippen LogP contribution is 2.27. The summed E-state index contributed by atoms with van der Waals surface area (Å²) in [5.74, 6) is -0.0941. The maximum atomic E-state index is 12.6. The summed E-state index contributed by atoms with van der Waals surface area (Å²) in [6.07, 6.45) is 1.66. The third-order valence-corrected chi connectivity index (χ3v) is 4.45. The Balaban J connectivity index is 2.09. The molecule has 0 bridgehead atoms. The van der Waals surface area contributed by atoms with Crippen LogP contribution in [0.15, 0.2) is 47.1 Å². The van der Waals surface area contributed by atoms with Crippen molar-refractivity contribution in [2.45, 2.75) is 0 Å². The molecule has 102 valence electrons. The molecule has 3 aromatic rings. The molecule has 0 fully saturated rings.